The van der Waals surface area contributed by atoms with Gasteiger partial charge in [-0.1, -0.05) is 38.3 Å². The molecule has 1 aromatic rings. The first-order valence-electron chi connectivity index (χ1n) is 7.88. The largest absolute Gasteiger partial charge is 0.316 e. The van der Waals surface area contributed by atoms with Crippen LogP contribution in [0, 0.1) is 11.7 Å². The molecule has 20 heavy (non-hydrogen) atoms. The average molecular weight is 342 g/mol. The molecule has 1 saturated carbocycles. The van der Waals surface area contributed by atoms with Crippen molar-refractivity contribution in [2.45, 2.75) is 51.4 Å². The molecule has 1 aliphatic carbocycles. The molecule has 0 bridgehead atoms. The highest BCUT2D eigenvalue weighted by Gasteiger charge is 2.27. The molecule has 1 N–H and O–H groups in total. The molecule has 1 aromatic carbocycles. The minimum absolute atomic E-state index is 0.0557. The van der Waals surface area contributed by atoms with E-state index in [1.54, 1.807) is 6.07 Å². The molecule has 0 aromatic heterocycles. The Hall–Kier alpha value is -0.410. The van der Waals surface area contributed by atoms with Crippen molar-refractivity contribution in [3.8, 4) is 0 Å². The minimum Gasteiger partial charge on any atom is -0.316 e. The van der Waals surface area contributed by atoms with E-state index in [9.17, 15) is 4.39 Å². The van der Waals surface area contributed by atoms with E-state index >= 15 is 0 Å². The van der Waals surface area contributed by atoms with Crippen molar-refractivity contribution >= 4 is 15.9 Å². The lowest BCUT2D eigenvalue weighted by molar-refractivity contribution is 0.366. The van der Waals surface area contributed by atoms with Crippen LogP contribution in [0.2, 0.25) is 0 Å². The van der Waals surface area contributed by atoms with E-state index in [1.165, 1.54) is 25.7 Å². The lowest BCUT2D eigenvalue weighted by Gasteiger charge is -2.26. The molecule has 0 saturated heterocycles. The summed E-state index contributed by atoms with van der Waals surface area (Å²) in [5, 5.41) is 3.53. The zero-order valence-corrected chi connectivity index (χ0v) is 13.9. The fourth-order valence-electron chi connectivity index (χ4n) is 3.31. The molecule has 1 aliphatic rings. The van der Waals surface area contributed by atoms with Crippen molar-refractivity contribution in [2.24, 2.45) is 5.92 Å². The first-order valence-corrected chi connectivity index (χ1v) is 8.68. The van der Waals surface area contributed by atoms with Gasteiger partial charge in [0.25, 0.3) is 0 Å². The van der Waals surface area contributed by atoms with E-state index in [0.29, 0.717) is 16.3 Å². The fourth-order valence-corrected chi connectivity index (χ4v) is 3.69. The van der Waals surface area contributed by atoms with E-state index in [-0.39, 0.29) is 5.82 Å². The highest BCUT2D eigenvalue weighted by atomic mass is 79.9. The van der Waals surface area contributed by atoms with Crippen LogP contribution in [0.25, 0.3) is 0 Å². The molecule has 112 valence electrons. The van der Waals surface area contributed by atoms with Gasteiger partial charge in [0, 0.05) is 0 Å². The molecule has 0 spiro atoms. The van der Waals surface area contributed by atoms with Crippen LogP contribution in [-0.4, -0.2) is 13.1 Å². The molecule has 2 rings (SSSR count). The van der Waals surface area contributed by atoms with Gasteiger partial charge in [-0.05, 0) is 71.7 Å². The van der Waals surface area contributed by atoms with Crippen LogP contribution in [0.15, 0.2) is 22.7 Å². The maximum atomic E-state index is 14.4. The summed E-state index contributed by atoms with van der Waals surface area (Å²) in [5.41, 5.74) is 0.907. The van der Waals surface area contributed by atoms with Crippen LogP contribution in [0.4, 0.5) is 4.39 Å². The van der Waals surface area contributed by atoms with Gasteiger partial charge in [0.05, 0.1) is 4.47 Å². The van der Waals surface area contributed by atoms with Gasteiger partial charge in [-0.2, -0.15) is 0 Å². The van der Waals surface area contributed by atoms with E-state index in [1.807, 2.05) is 12.1 Å². The lowest BCUT2D eigenvalue weighted by atomic mass is 9.82. The number of hydrogen-bond donors (Lipinski definition) is 1. The van der Waals surface area contributed by atoms with E-state index in [0.717, 1.165) is 31.5 Å². The molecular formula is C17H25BrFN. The summed E-state index contributed by atoms with van der Waals surface area (Å²) in [7, 11) is 0. The topological polar surface area (TPSA) is 12.0 Å². The predicted octanol–water partition coefficient (Wildman–Crippen LogP) is 5.25. The molecule has 0 heterocycles. The van der Waals surface area contributed by atoms with Gasteiger partial charge in [-0.3, -0.25) is 0 Å². The predicted molar refractivity (Wildman–Crippen MR) is 86.6 cm³/mol. The Balaban J connectivity index is 2.16. The zero-order valence-electron chi connectivity index (χ0n) is 12.3. The first kappa shape index (κ1) is 16.0. The summed E-state index contributed by atoms with van der Waals surface area (Å²) in [4.78, 5) is 0. The van der Waals surface area contributed by atoms with Crippen LogP contribution < -0.4 is 5.32 Å². The standard InChI is InChI=1S/C17H25BrFN/c1-2-11-20-12-13-7-4-3-5-8-14(13)15-9-6-10-16(18)17(15)19/h6,9-10,13-14,20H,2-5,7-8,11-12H2,1H3. The van der Waals surface area contributed by atoms with Gasteiger partial charge in [0.2, 0.25) is 0 Å². The van der Waals surface area contributed by atoms with Crippen molar-refractivity contribution in [1.82, 2.24) is 5.32 Å². The second kappa shape index (κ2) is 8.14. The lowest BCUT2D eigenvalue weighted by Crippen LogP contribution is -2.28. The Morgan fingerprint density at radius 2 is 2.05 bits per heavy atom. The second-order valence-electron chi connectivity index (χ2n) is 5.85. The van der Waals surface area contributed by atoms with Crippen LogP contribution in [0.3, 0.4) is 0 Å². The summed E-state index contributed by atoms with van der Waals surface area (Å²) < 4.78 is 15.0. The van der Waals surface area contributed by atoms with Gasteiger partial charge < -0.3 is 5.32 Å². The van der Waals surface area contributed by atoms with E-state index < -0.39 is 0 Å². The molecule has 2 atom stereocenters. The Morgan fingerprint density at radius 3 is 2.85 bits per heavy atom. The monoisotopic (exact) mass is 341 g/mol. The van der Waals surface area contributed by atoms with Crippen molar-refractivity contribution in [3.63, 3.8) is 0 Å². The van der Waals surface area contributed by atoms with Crippen LogP contribution >= 0.6 is 15.9 Å². The van der Waals surface area contributed by atoms with Crippen molar-refractivity contribution in [1.29, 1.82) is 0 Å². The Kier molecular flexibility index (Phi) is 6.50. The van der Waals surface area contributed by atoms with Crippen LogP contribution in [0.5, 0.6) is 0 Å². The number of benzene rings is 1. The summed E-state index contributed by atoms with van der Waals surface area (Å²) in [6.45, 7) is 4.26. The third kappa shape index (κ3) is 4.05. The number of halogens is 2. The van der Waals surface area contributed by atoms with Crippen LogP contribution in [0.1, 0.15) is 56.9 Å². The summed E-state index contributed by atoms with van der Waals surface area (Å²) in [6.07, 6.45) is 7.28. The van der Waals surface area contributed by atoms with Crippen molar-refractivity contribution in [3.05, 3.63) is 34.1 Å². The normalized spacial score (nSPS) is 23.6. The van der Waals surface area contributed by atoms with E-state index in [4.69, 9.17) is 0 Å². The summed E-state index contributed by atoms with van der Waals surface area (Å²) in [6, 6.07) is 5.73. The molecule has 0 radical (unpaired) electrons. The van der Waals surface area contributed by atoms with Gasteiger partial charge in [0.1, 0.15) is 5.82 Å². The Morgan fingerprint density at radius 1 is 1.25 bits per heavy atom. The highest BCUT2D eigenvalue weighted by molar-refractivity contribution is 9.10. The molecule has 0 amide bonds. The zero-order chi connectivity index (χ0) is 14.4. The molecular weight excluding hydrogens is 317 g/mol. The van der Waals surface area contributed by atoms with Gasteiger partial charge in [-0.15, -0.1) is 0 Å². The third-order valence-corrected chi connectivity index (χ3v) is 4.99. The smallest absolute Gasteiger partial charge is 0.140 e. The average Bonchev–Trinajstić information content (AvgIpc) is 2.68. The quantitative estimate of drug-likeness (QED) is 0.569. The van der Waals surface area contributed by atoms with Gasteiger partial charge in [-0.25, -0.2) is 4.39 Å². The van der Waals surface area contributed by atoms with Crippen molar-refractivity contribution in [2.75, 3.05) is 13.1 Å². The van der Waals surface area contributed by atoms with Gasteiger partial charge in [0.15, 0.2) is 0 Å². The van der Waals surface area contributed by atoms with Crippen molar-refractivity contribution < 1.29 is 4.39 Å². The maximum absolute atomic E-state index is 14.4. The van der Waals surface area contributed by atoms with Gasteiger partial charge >= 0.3 is 0 Å². The summed E-state index contributed by atoms with van der Waals surface area (Å²) >= 11 is 3.33. The Labute approximate surface area is 130 Å². The summed E-state index contributed by atoms with van der Waals surface area (Å²) in [5.74, 6) is 0.868. The number of hydrogen-bond acceptors (Lipinski definition) is 1. The van der Waals surface area contributed by atoms with Crippen LogP contribution in [-0.2, 0) is 0 Å². The molecule has 1 nitrogen and oxygen atoms in total. The Bertz CT molecular complexity index is 421. The molecule has 1 fully saturated rings. The first-order chi connectivity index (χ1) is 9.74. The molecule has 2 unspecified atom stereocenters. The number of rotatable bonds is 5. The second-order valence-corrected chi connectivity index (χ2v) is 6.71. The SMILES string of the molecule is CCCNCC1CCCCCC1c1cccc(Br)c1F. The minimum atomic E-state index is -0.0557. The maximum Gasteiger partial charge on any atom is 0.140 e. The molecule has 0 aliphatic heterocycles. The van der Waals surface area contributed by atoms with E-state index in [2.05, 4.69) is 28.2 Å². The third-order valence-electron chi connectivity index (χ3n) is 4.37. The fraction of sp³-hybridized carbons (Fsp3) is 0.647. The molecule has 3 heteroatoms. The number of nitrogens with one attached hydrogen (secondary N) is 1. The highest BCUT2D eigenvalue weighted by Crippen LogP contribution is 2.38.